The van der Waals surface area contributed by atoms with Crippen molar-refractivity contribution in [1.29, 1.82) is 0 Å². The monoisotopic (exact) mass is 576 g/mol. The molecule has 0 fully saturated rings. The van der Waals surface area contributed by atoms with Gasteiger partial charge in [-0.15, -0.1) is 0 Å². The first-order valence-electron chi connectivity index (χ1n) is 17.0. The van der Waals surface area contributed by atoms with Gasteiger partial charge in [0.2, 0.25) is 0 Å². The molecule has 1 aliphatic rings. The third-order valence-corrected chi connectivity index (χ3v) is 8.75. The van der Waals surface area contributed by atoms with Crippen LogP contribution in [0.2, 0.25) is 0 Å². The van der Waals surface area contributed by atoms with E-state index in [-0.39, 0.29) is 5.97 Å². The van der Waals surface area contributed by atoms with Gasteiger partial charge in [0.15, 0.2) is 0 Å². The average molecular weight is 577 g/mol. The van der Waals surface area contributed by atoms with Gasteiger partial charge in [0.1, 0.15) is 6.61 Å². The third-order valence-electron chi connectivity index (χ3n) is 8.75. The van der Waals surface area contributed by atoms with Crippen molar-refractivity contribution in [1.82, 2.24) is 0 Å². The Labute approximate surface area is 260 Å². The Kier molecular flexibility index (Phi) is 21.6. The number of carbonyl (C=O) groups is 1. The second-order valence-electron chi connectivity index (χ2n) is 13.0. The van der Waals surface area contributed by atoms with Crippen LogP contribution >= 0.6 is 0 Å². The molecule has 0 N–H and O–H groups in total. The topological polar surface area (TPSA) is 26.3 Å². The molecule has 1 atom stereocenters. The van der Waals surface area contributed by atoms with Crippen LogP contribution in [0.1, 0.15) is 144 Å². The first-order chi connectivity index (χ1) is 20.3. The van der Waals surface area contributed by atoms with Crippen molar-refractivity contribution < 1.29 is 9.53 Å². The molecule has 0 aliphatic heterocycles. The number of hydrogen-bond acceptors (Lipinski definition) is 2. The summed E-state index contributed by atoms with van der Waals surface area (Å²) in [5, 5.41) is 0. The highest BCUT2D eigenvalue weighted by Gasteiger charge is 2.32. The van der Waals surface area contributed by atoms with Crippen molar-refractivity contribution in [2.45, 2.75) is 144 Å². The molecular weight excluding hydrogens is 512 g/mol. The second-order valence-corrected chi connectivity index (χ2v) is 13.0. The maximum absolute atomic E-state index is 12.1. The predicted octanol–water partition coefficient (Wildman–Crippen LogP) is 12.5. The lowest BCUT2D eigenvalue weighted by Gasteiger charge is -2.38. The van der Waals surface area contributed by atoms with E-state index in [1.165, 1.54) is 81.8 Å². The van der Waals surface area contributed by atoms with Gasteiger partial charge in [0.05, 0.1) is 0 Å². The first-order valence-corrected chi connectivity index (χ1v) is 17.0. The highest BCUT2D eigenvalue weighted by Crippen LogP contribution is 2.43. The van der Waals surface area contributed by atoms with Gasteiger partial charge in [-0.3, -0.25) is 4.79 Å². The molecule has 0 heterocycles. The lowest BCUT2D eigenvalue weighted by molar-refractivity contribution is -0.142. The molecule has 0 radical (unpaired) electrons. The number of ether oxygens (including phenoxy) is 1. The Hall–Kier alpha value is -2.35. The normalized spacial score (nSPS) is 17.8. The number of carbonyl (C=O) groups excluding carboxylic acids is 1. The van der Waals surface area contributed by atoms with Crippen LogP contribution in [0.3, 0.4) is 0 Å². The lowest BCUT2D eigenvalue weighted by Crippen LogP contribution is -2.27. The van der Waals surface area contributed by atoms with Crippen LogP contribution in [0.4, 0.5) is 0 Å². The van der Waals surface area contributed by atoms with Gasteiger partial charge in [-0.1, -0.05) is 137 Å². The van der Waals surface area contributed by atoms with E-state index in [9.17, 15) is 4.79 Å². The van der Waals surface area contributed by atoms with Gasteiger partial charge in [0.25, 0.3) is 0 Å². The molecule has 0 aromatic rings. The van der Waals surface area contributed by atoms with Gasteiger partial charge in [-0.25, -0.2) is 0 Å². The van der Waals surface area contributed by atoms with Crippen LogP contribution in [0.5, 0.6) is 0 Å². The van der Waals surface area contributed by atoms with E-state index in [2.05, 4.69) is 77.7 Å². The molecule has 2 heteroatoms. The van der Waals surface area contributed by atoms with Crippen molar-refractivity contribution in [3.63, 3.8) is 0 Å². The predicted molar refractivity (Wildman–Crippen MR) is 186 cm³/mol. The lowest BCUT2D eigenvalue weighted by atomic mass is 9.67. The zero-order valence-electron chi connectivity index (χ0n) is 28.1. The SMILES string of the molecule is C=CC=CC=CC=CCCCCCCCCCCCC(=O)OCC=C(C)CCC=C(C)CCC1C(C)=CCCC1(C)C. The minimum atomic E-state index is -0.0532. The summed E-state index contributed by atoms with van der Waals surface area (Å²) in [6, 6.07) is 0. The number of allylic oxidation sites excluding steroid dienone is 12. The molecule has 0 amide bonds. The fourth-order valence-corrected chi connectivity index (χ4v) is 5.91. The summed E-state index contributed by atoms with van der Waals surface area (Å²) in [7, 11) is 0. The molecule has 0 aromatic heterocycles. The van der Waals surface area contributed by atoms with Gasteiger partial charge >= 0.3 is 5.97 Å². The van der Waals surface area contributed by atoms with E-state index in [0.717, 1.165) is 32.1 Å². The molecule has 1 unspecified atom stereocenters. The Morgan fingerprint density at radius 3 is 2.14 bits per heavy atom. The zero-order valence-corrected chi connectivity index (χ0v) is 28.1. The van der Waals surface area contributed by atoms with Crippen molar-refractivity contribution >= 4 is 5.97 Å². The van der Waals surface area contributed by atoms with Crippen LogP contribution in [0.25, 0.3) is 0 Å². The highest BCUT2D eigenvalue weighted by atomic mass is 16.5. The van der Waals surface area contributed by atoms with E-state index >= 15 is 0 Å². The summed E-state index contributed by atoms with van der Waals surface area (Å²) in [6.45, 7) is 15.7. The highest BCUT2D eigenvalue weighted by molar-refractivity contribution is 5.69. The summed E-state index contributed by atoms with van der Waals surface area (Å²) < 4.78 is 5.45. The van der Waals surface area contributed by atoms with E-state index in [0.29, 0.717) is 24.4 Å². The molecule has 0 saturated carbocycles. The minimum absolute atomic E-state index is 0.0532. The molecule has 0 bridgehead atoms. The van der Waals surface area contributed by atoms with Crippen molar-refractivity contribution in [2.75, 3.05) is 6.61 Å². The van der Waals surface area contributed by atoms with Gasteiger partial charge in [-0.05, 0) is 96.0 Å². The maximum Gasteiger partial charge on any atom is 0.306 e. The molecule has 1 rings (SSSR count). The van der Waals surface area contributed by atoms with E-state index in [1.54, 1.807) is 11.6 Å². The van der Waals surface area contributed by atoms with Gasteiger partial charge in [0, 0.05) is 6.42 Å². The number of unbranched alkanes of at least 4 members (excludes halogenated alkanes) is 9. The summed E-state index contributed by atoms with van der Waals surface area (Å²) in [5.41, 5.74) is 4.83. The number of rotatable bonds is 23. The number of hydrogen-bond donors (Lipinski definition) is 0. The van der Waals surface area contributed by atoms with Crippen LogP contribution < -0.4 is 0 Å². The zero-order chi connectivity index (χ0) is 30.9. The molecular formula is C40H64O2. The van der Waals surface area contributed by atoms with Crippen LogP contribution in [0.15, 0.2) is 84.1 Å². The van der Waals surface area contributed by atoms with Gasteiger partial charge < -0.3 is 4.74 Å². The van der Waals surface area contributed by atoms with Crippen LogP contribution in [0, 0.1) is 11.3 Å². The molecule has 0 saturated heterocycles. The molecule has 2 nitrogen and oxygen atoms in total. The van der Waals surface area contributed by atoms with Crippen LogP contribution in [-0.4, -0.2) is 12.6 Å². The third kappa shape index (κ3) is 19.7. The fourth-order valence-electron chi connectivity index (χ4n) is 5.91. The Morgan fingerprint density at radius 1 is 0.833 bits per heavy atom. The molecule has 236 valence electrons. The first kappa shape index (κ1) is 37.7. The van der Waals surface area contributed by atoms with Crippen molar-refractivity contribution in [3.8, 4) is 0 Å². The number of esters is 1. The quantitative estimate of drug-likeness (QED) is 0.0523. The van der Waals surface area contributed by atoms with E-state index in [1.807, 2.05) is 18.2 Å². The Bertz CT molecular complexity index is 921. The van der Waals surface area contributed by atoms with E-state index in [4.69, 9.17) is 4.74 Å². The van der Waals surface area contributed by atoms with Crippen LogP contribution in [-0.2, 0) is 9.53 Å². The van der Waals surface area contributed by atoms with E-state index < -0.39 is 0 Å². The molecule has 0 aromatic carbocycles. The minimum Gasteiger partial charge on any atom is -0.461 e. The van der Waals surface area contributed by atoms with Crippen molar-refractivity contribution in [3.05, 3.63) is 84.1 Å². The average Bonchev–Trinajstić information content (AvgIpc) is 2.94. The smallest absolute Gasteiger partial charge is 0.306 e. The fraction of sp³-hybridized carbons (Fsp3) is 0.625. The molecule has 1 aliphatic carbocycles. The Balaban J connectivity index is 2.00. The maximum atomic E-state index is 12.1. The largest absolute Gasteiger partial charge is 0.461 e. The molecule has 42 heavy (non-hydrogen) atoms. The van der Waals surface area contributed by atoms with Crippen molar-refractivity contribution in [2.24, 2.45) is 11.3 Å². The summed E-state index contributed by atoms with van der Waals surface area (Å²) in [4.78, 5) is 12.1. The molecule has 0 spiro atoms. The second kappa shape index (κ2) is 24.1. The summed E-state index contributed by atoms with van der Waals surface area (Å²) in [5.74, 6) is 0.658. The Morgan fingerprint density at radius 2 is 1.45 bits per heavy atom. The summed E-state index contributed by atoms with van der Waals surface area (Å²) >= 11 is 0. The standard InChI is InChI=1S/C40H64O2/c1-7-8-9-10-11-12-13-14-15-16-17-18-19-20-21-22-23-29-39(41)42-34-32-36(3)27-24-26-35(2)30-31-38-37(4)28-25-33-40(38,5)6/h7-13,26,28,32,38H,1,14-25,27,29-31,33-34H2,2-6H3. The van der Waals surface area contributed by atoms with Gasteiger partial charge in [-0.2, -0.15) is 0 Å². The summed E-state index contributed by atoms with van der Waals surface area (Å²) in [6.07, 6.45) is 41.0.